The van der Waals surface area contributed by atoms with Crippen molar-refractivity contribution in [1.82, 2.24) is 4.90 Å². The number of rotatable bonds is 2. The molecule has 2 aliphatic carbocycles. The lowest BCUT2D eigenvalue weighted by atomic mass is 9.80. The normalized spacial score (nSPS) is 30.3. The second kappa shape index (κ2) is 7.27. The molecule has 2 atom stereocenters. The molecule has 0 aromatic rings. The summed E-state index contributed by atoms with van der Waals surface area (Å²) >= 11 is 1.80. The topological polar surface area (TPSA) is 37.4 Å². The maximum atomic E-state index is 13.0. The van der Waals surface area contributed by atoms with E-state index in [1.54, 1.807) is 11.8 Å². The Bertz CT molecular complexity index is 748. The smallest absolute Gasteiger partial charge is 0.253 e. The Hall–Kier alpha value is -1.29. The van der Waals surface area contributed by atoms with Crippen molar-refractivity contribution in [3.63, 3.8) is 0 Å². The Morgan fingerprint density at radius 3 is 2.74 bits per heavy atom. The summed E-state index contributed by atoms with van der Waals surface area (Å²) in [7, 11) is 0. The fraction of sp³-hybridized carbons (Fsp3) is 0.652. The number of hydrogen-bond donors (Lipinski definition) is 0. The van der Waals surface area contributed by atoms with Gasteiger partial charge in [-0.15, -0.1) is 0 Å². The lowest BCUT2D eigenvalue weighted by Gasteiger charge is -2.38. The Morgan fingerprint density at radius 1 is 1.30 bits per heavy atom. The molecule has 0 saturated carbocycles. The van der Waals surface area contributed by atoms with Crippen molar-refractivity contribution in [1.29, 1.82) is 0 Å². The lowest BCUT2D eigenvalue weighted by Crippen LogP contribution is -2.42. The van der Waals surface area contributed by atoms with Crippen LogP contribution >= 0.6 is 11.8 Å². The summed E-state index contributed by atoms with van der Waals surface area (Å²) < 4.78 is 0. The molecule has 27 heavy (non-hydrogen) atoms. The van der Waals surface area contributed by atoms with E-state index in [1.807, 2.05) is 17.1 Å². The molecule has 0 spiro atoms. The molecule has 1 amide bonds. The Kier molecular flexibility index (Phi) is 5.13. The van der Waals surface area contributed by atoms with E-state index in [4.69, 9.17) is 0 Å². The van der Waals surface area contributed by atoms with E-state index in [1.165, 1.54) is 11.3 Å². The van der Waals surface area contributed by atoms with Crippen molar-refractivity contribution >= 4 is 23.5 Å². The van der Waals surface area contributed by atoms with Crippen molar-refractivity contribution < 1.29 is 9.59 Å². The van der Waals surface area contributed by atoms with Crippen LogP contribution in [0.5, 0.6) is 0 Å². The van der Waals surface area contributed by atoms with Crippen LogP contribution in [0, 0.1) is 17.3 Å². The Labute approximate surface area is 167 Å². The minimum Gasteiger partial charge on any atom is -0.339 e. The third-order valence-electron chi connectivity index (χ3n) is 6.91. The number of likely N-dealkylation sites (tertiary alicyclic amines) is 1. The van der Waals surface area contributed by atoms with E-state index in [2.05, 4.69) is 20.8 Å². The van der Waals surface area contributed by atoms with Gasteiger partial charge in [-0.1, -0.05) is 45.0 Å². The number of fused-ring (bicyclic) bond motifs is 1. The molecule has 1 saturated heterocycles. The monoisotopic (exact) mass is 385 g/mol. The molecule has 0 radical (unpaired) electrons. The van der Waals surface area contributed by atoms with Crippen LogP contribution in [0.3, 0.4) is 0 Å². The zero-order chi connectivity index (χ0) is 19.2. The molecule has 2 unspecified atom stereocenters. The number of ketones is 1. The van der Waals surface area contributed by atoms with Gasteiger partial charge in [0, 0.05) is 29.1 Å². The van der Waals surface area contributed by atoms with E-state index >= 15 is 0 Å². The molecule has 0 aromatic heterocycles. The van der Waals surface area contributed by atoms with Gasteiger partial charge in [-0.2, -0.15) is 0 Å². The molecule has 3 nitrogen and oxygen atoms in total. The van der Waals surface area contributed by atoms with Gasteiger partial charge in [-0.3, -0.25) is 9.59 Å². The van der Waals surface area contributed by atoms with Crippen LogP contribution in [0.2, 0.25) is 0 Å². The van der Waals surface area contributed by atoms with E-state index in [0.717, 1.165) is 61.2 Å². The predicted molar refractivity (Wildman–Crippen MR) is 111 cm³/mol. The number of carbonyl (C=O) groups excluding carboxylic acids is 2. The molecular formula is C23H31NO2S. The van der Waals surface area contributed by atoms with Crippen molar-refractivity contribution in [3.05, 3.63) is 33.1 Å². The van der Waals surface area contributed by atoms with Crippen LogP contribution in [-0.2, 0) is 9.59 Å². The first kappa shape index (κ1) is 19.0. The highest BCUT2D eigenvalue weighted by molar-refractivity contribution is 8.06. The summed E-state index contributed by atoms with van der Waals surface area (Å²) in [5, 5.41) is 0. The highest BCUT2D eigenvalue weighted by Crippen LogP contribution is 2.50. The summed E-state index contributed by atoms with van der Waals surface area (Å²) in [5.41, 5.74) is 2.23. The number of Topliss-reactive ketones (excluding diaryl/α,β-unsaturated/α-hetero) is 1. The van der Waals surface area contributed by atoms with Crippen LogP contribution < -0.4 is 0 Å². The largest absolute Gasteiger partial charge is 0.339 e. The van der Waals surface area contributed by atoms with Crippen molar-refractivity contribution in [2.24, 2.45) is 17.3 Å². The quantitative estimate of drug-likeness (QED) is 0.652. The molecule has 2 aliphatic heterocycles. The summed E-state index contributed by atoms with van der Waals surface area (Å²) in [4.78, 5) is 30.4. The van der Waals surface area contributed by atoms with Crippen LogP contribution in [0.4, 0.5) is 0 Å². The average Bonchev–Trinajstić information content (AvgIpc) is 2.66. The number of thioether (sulfide) groups is 1. The fourth-order valence-corrected chi connectivity index (χ4v) is 6.16. The number of nitrogens with zero attached hydrogens (tertiary/aromatic N) is 1. The van der Waals surface area contributed by atoms with E-state index in [9.17, 15) is 9.59 Å². The molecule has 0 N–H and O–H groups in total. The van der Waals surface area contributed by atoms with Gasteiger partial charge in [0.1, 0.15) is 0 Å². The first-order valence-electron chi connectivity index (χ1n) is 10.5. The molecule has 4 rings (SSSR count). The Balaban J connectivity index is 1.50. The first-order valence-corrected chi connectivity index (χ1v) is 11.3. The molecule has 4 aliphatic rings. The third kappa shape index (κ3) is 3.70. The number of hydrogen-bond acceptors (Lipinski definition) is 3. The molecule has 1 fully saturated rings. The summed E-state index contributed by atoms with van der Waals surface area (Å²) in [6.45, 7) is 8.49. The van der Waals surface area contributed by atoms with Gasteiger partial charge in [0.05, 0.1) is 5.92 Å². The molecule has 0 aromatic carbocycles. The fourth-order valence-electron chi connectivity index (χ4n) is 4.70. The SMILES string of the molecule is CCC1CCC2=C(C1)SC1=CC(C(=O)N3CCC(C)(C)CC3)=CCC1C2=O. The third-order valence-corrected chi connectivity index (χ3v) is 8.21. The number of amides is 1. The highest BCUT2D eigenvalue weighted by Gasteiger charge is 2.38. The minimum atomic E-state index is -0.0382. The molecule has 4 heteroatoms. The maximum absolute atomic E-state index is 13.0. The van der Waals surface area contributed by atoms with Gasteiger partial charge in [0.25, 0.3) is 5.91 Å². The van der Waals surface area contributed by atoms with Gasteiger partial charge in [-0.25, -0.2) is 0 Å². The van der Waals surface area contributed by atoms with E-state index in [0.29, 0.717) is 23.5 Å². The van der Waals surface area contributed by atoms with Crippen LogP contribution in [0.1, 0.15) is 65.7 Å². The zero-order valence-electron chi connectivity index (χ0n) is 16.8. The second-order valence-corrected chi connectivity index (χ2v) is 10.5. The van der Waals surface area contributed by atoms with Crippen LogP contribution in [0.25, 0.3) is 0 Å². The lowest BCUT2D eigenvalue weighted by molar-refractivity contribution is -0.129. The standard InChI is InChI=1S/C23H31NO2S/c1-4-15-5-7-17-19(13-15)27-20-14-16(6-8-18(20)21(17)25)22(26)24-11-9-23(2,3)10-12-24/h6,14-15,18H,4-5,7-13H2,1-3H3. The number of carbonyl (C=O) groups is 2. The van der Waals surface area contributed by atoms with Crippen LogP contribution in [0.15, 0.2) is 33.1 Å². The van der Waals surface area contributed by atoms with Crippen LogP contribution in [-0.4, -0.2) is 29.7 Å². The minimum absolute atomic E-state index is 0.0382. The number of piperidine rings is 1. The van der Waals surface area contributed by atoms with Crippen molar-refractivity contribution in [3.8, 4) is 0 Å². The van der Waals surface area contributed by atoms with Crippen molar-refractivity contribution in [2.75, 3.05) is 13.1 Å². The van der Waals surface area contributed by atoms with E-state index < -0.39 is 0 Å². The van der Waals surface area contributed by atoms with Gasteiger partial charge in [0.2, 0.25) is 0 Å². The molecular weight excluding hydrogens is 354 g/mol. The van der Waals surface area contributed by atoms with Gasteiger partial charge in [0.15, 0.2) is 5.78 Å². The zero-order valence-corrected chi connectivity index (χ0v) is 17.7. The second-order valence-electron chi connectivity index (χ2n) is 9.34. The van der Waals surface area contributed by atoms with E-state index in [-0.39, 0.29) is 11.8 Å². The van der Waals surface area contributed by atoms with Gasteiger partial charge in [-0.05, 0) is 60.8 Å². The first-order chi connectivity index (χ1) is 12.9. The Morgan fingerprint density at radius 2 is 2.04 bits per heavy atom. The van der Waals surface area contributed by atoms with Crippen molar-refractivity contribution in [2.45, 2.75) is 65.7 Å². The maximum Gasteiger partial charge on any atom is 0.253 e. The highest BCUT2D eigenvalue weighted by atomic mass is 32.2. The molecule has 0 bridgehead atoms. The number of allylic oxidation sites excluding steroid dienone is 4. The summed E-state index contributed by atoms with van der Waals surface area (Å²) in [5.74, 6) is 1.15. The molecule has 146 valence electrons. The predicted octanol–water partition coefficient (Wildman–Crippen LogP) is 5.25. The molecule has 2 heterocycles. The summed E-state index contributed by atoms with van der Waals surface area (Å²) in [6.07, 6.45) is 11.2. The summed E-state index contributed by atoms with van der Waals surface area (Å²) in [6, 6.07) is 0. The average molecular weight is 386 g/mol. The van der Waals surface area contributed by atoms with Gasteiger partial charge >= 0.3 is 0 Å². The van der Waals surface area contributed by atoms with Gasteiger partial charge < -0.3 is 4.90 Å².